The molecule has 0 spiro atoms. The molecule has 1 aliphatic carbocycles. The largest absolute Gasteiger partial charge is 0.459 e. The van der Waals surface area contributed by atoms with Crippen molar-refractivity contribution in [1.29, 1.82) is 0 Å². The molecule has 0 unspecified atom stereocenters. The summed E-state index contributed by atoms with van der Waals surface area (Å²) in [6.45, 7) is 1.92. The van der Waals surface area contributed by atoms with Crippen molar-refractivity contribution in [3.63, 3.8) is 0 Å². The van der Waals surface area contributed by atoms with Gasteiger partial charge in [-0.3, -0.25) is 0 Å². The number of carbonyl (C=O) groups excluding carboxylic acids is 1. The molecule has 2 rings (SSSR count). The molecule has 2 nitrogen and oxygen atoms in total. The predicted octanol–water partition coefficient (Wildman–Crippen LogP) is 4.44. The fourth-order valence-corrected chi connectivity index (χ4v) is 2.70. The van der Waals surface area contributed by atoms with Crippen LogP contribution in [0.15, 0.2) is 42.0 Å². The van der Waals surface area contributed by atoms with Crippen LogP contribution >= 0.6 is 0 Å². The van der Waals surface area contributed by atoms with E-state index in [1.165, 1.54) is 24.8 Å². The molecule has 0 aromatic heterocycles. The zero-order valence-electron chi connectivity index (χ0n) is 12.3. The summed E-state index contributed by atoms with van der Waals surface area (Å²) in [7, 11) is 0. The van der Waals surface area contributed by atoms with Crippen molar-refractivity contribution in [2.75, 3.05) is 0 Å². The predicted molar refractivity (Wildman–Crippen MR) is 81.5 cm³/mol. The van der Waals surface area contributed by atoms with Crippen LogP contribution in [0.25, 0.3) is 0 Å². The average Bonchev–Trinajstić information content (AvgIpc) is 2.50. The van der Waals surface area contributed by atoms with E-state index in [0.717, 1.165) is 31.3 Å². The van der Waals surface area contributed by atoms with Crippen molar-refractivity contribution < 1.29 is 9.53 Å². The Bertz CT molecular complexity index is 442. The van der Waals surface area contributed by atoms with Gasteiger partial charge in [0, 0.05) is 5.57 Å². The van der Waals surface area contributed by atoms with Gasteiger partial charge in [-0.25, -0.2) is 4.79 Å². The van der Waals surface area contributed by atoms with Crippen LogP contribution in [0.2, 0.25) is 0 Å². The number of esters is 1. The van der Waals surface area contributed by atoms with Gasteiger partial charge in [-0.15, -0.1) is 0 Å². The molecule has 1 fully saturated rings. The Morgan fingerprint density at radius 1 is 1.20 bits per heavy atom. The Morgan fingerprint density at radius 2 is 1.90 bits per heavy atom. The van der Waals surface area contributed by atoms with Gasteiger partial charge < -0.3 is 4.74 Å². The smallest absolute Gasteiger partial charge is 0.333 e. The fraction of sp³-hybridized carbons (Fsp3) is 0.500. The van der Waals surface area contributed by atoms with Crippen LogP contribution in [-0.2, 0) is 16.0 Å². The highest BCUT2D eigenvalue weighted by Gasteiger charge is 2.19. The van der Waals surface area contributed by atoms with Crippen LogP contribution < -0.4 is 0 Å². The lowest BCUT2D eigenvalue weighted by Crippen LogP contribution is -2.22. The number of benzene rings is 1. The van der Waals surface area contributed by atoms with Crippen molar-refractivity contribution in [2.45, 2.75) is 58.0 Å². The highest BCUT2D eigenvalue weighted by molar-refractivity contribution is 5.88. The molecule has 0 aliphatic heterocycles. The minimum absolute atomic E-state index is 0.115. The molecule has 0 bridgehead atoms. The topological polar surface area (TPSA) is 26.3 Å². The lowest BCUT2D eigenvalue weighted by atomic mass is 9.97. The monoisotopic (exact) mass is 272 g/mol. The Hall–Kier alpha value is -1.57. The normalized spacial score (nSPS) is 16.9. The molecule has 0 saturated heterocycles. The first-order valence-corrected chi connectivity index (χ1v) is 7.69. The number of rotatable bonds is 5. The number of hydrogen-bond acceptors (Lipinski definition) is 2. The molecule has 0 N–H and O–H groups in total. The van der Waals surface area contributed by atoms with Gasteiger partial charge in [-0.1, -0.05) is 42.8 Å². The van der Waals surface area contributed by atoms with E-state index in [0.29, 0.717) is 0 Å². The molecule has 0 atom stereocenters. The quantitative estimate of drug-likeness (QED) is 0.585. The zero-order valence-corrected chi connectivity index (χ0v) is 12.3. The minimum Gasteiger partial charge on any atom is -0.459 e. The van der Waals surface area contributed by atoms with Gasteiger partial charge in [0.15, 0.2) is 0 Å². The number of ether oxygens (including phenoxy) is 1. The van der Waals surface area contributed by atoms with Gasteiger partial charge in [-0.05, 0) is 51.0 Å². The highest BCUT2D eigenvalue weighted by atomic mass is 16.5. The number of allylic oxidation sites excluding steroid dienone is 1. The first kappa shape index (κ1) is 14.8. The van der Waals surface area contributed by atoms with Gasteiger partial charge in [0.05, 0.1) is 0 Å². The summed E-state index contributed by atoms with van der Waals surface area (Å²) in [5.74, 6) is -0.115. The number of carbonyl (C=O) groups is 1. The summed E-state index contributed by atoms with van der Waals surface area (Å²) >= 11 is 0. The Balaban J connectivity index is 1.83. The number of aryl methyl sites for hydroxylation is 1. The van der Waals surface area contributed by atoms with E-state index < -0.39 is 0 Å². The average molecular weight is 272 g/mol. The molecule has 0 amide bonds. The third-order valence-electron chi connectivity index (χ3n) is 3.96. The van der Waals surface area contributed by atoms with E-state index in [1.54, 1.807) is 0 Å². The van der Waals surface area contributed by atoms with Gasteiger partial charge in [0.1, 0.15) is 6.10 Å². The molecule has 1 aromatic carbocycles. The number of hydrogen-bond donors (Lipinski definition) is 0. The van der Waals surface area contributed by atoms with Crippen molar-refractivity contribution in [3.8, 4) is 0 Å². The Morgan fingerprint density at radius 3 is 2.55 bits per heavy atom. The molecule has 0 radical (unpaired) electrons. The van der Waals surface area contributed by atoms with Crippen molar-refractivity contribution >= 4 is 5.97 Å². The van der Waals surface area contributed by atoms with Crippen LogP contribution in [0, 0.1) is 0 Å². The molecule has 1 aliphatic rings. The second-order valence-electron chi connectivity index (χ2n) is 5.46. The molecular formula is C18H24O2. The molecule has 1 saturated carbocycles. The lowest BCUT2D eigenvalue weighted by molar-refractivity contribution is -0.145. The van der Waals surface area contributed by atoms with E-state index in [4.69, 9.17) is 4.74 Å². The summed E-state index contributed by atoms with van der Waals surface area (Å²) in [6.07, 6.45) is 9.39. The van der Waals surface area contributed by atoms with E-state index in [1.807, 2.05) is 31.2 Å². The molecule has 2 heteroatoms. The van der Waals surface area contributed by atoms with E-state index in [9.17, 15) is 4.79 Å². The Labute approximate surface area is 121 Å². The van der Waals surface area contributed by atoms with Crippen LogP contribution in [-0.4, -0.2) is 12.1 Å². The first-order chi connectivity index (χ1) is 9.79. The SMILES string of the molecule is CC=C(CCc1ccccc1)C(=O)OC1CCCCC1. The summed E-state index contributed by atoms with van der Waals surface area (Å²) in [5, 5.41) is 0. The molecule has 20 heavy (non-hydrogen) atoms. The molecular weight excluding hydrogens is 248 g/mol. The van der Waals surface area contributed by atoms with Gasteiger partial charge >= 0.3 is 5.97 Å². The maximum absolute atomic E-state index is 12.2. The lowest BCUT2D eigenvalue weighted by Gasteiger charge is -2.22. The van der Waals surface area contributed by atoms with Gasteiger partial charge in [0.25, 0.3) is 0 Å². The Kier molecular flexibility index (Phi) is 5.85. The highest BCUT2D eigenvalue weighted by Crippen LogP contribution is 2.22. The third-order valence-corrected chi connectivity index (χ3v) is 3.96. The van der Waals surface area contributed by atoms with Gasteiger partial charge in [-0.2, -0.15) is 0 Å². The molecule has 1 aromatic rings. The molecule has 108 valence electrons. The third kappa shape index (κ3) is 4.52. The van der Waals surface area contributed by atoms with Crippen LogP contribution in [0.5, 0.6) is 0 Å². The fourth-order valence-electron chi connectivity index (χ4n) is 2.70. The van der Waals surface area contributed by atoms with E-state index in [-0.39, 0.29) is 12.1 Å². The second kappa shape index (κ2) is 7.88. The van der Waals surface area contributed by atoms with Crippen LogP contribution in [0.1, 0.15) is 51.0 Å². The van der Waals surface area contributed by atoms with E-state index in [2.05, 4.69) is 12.1 Å². The molecule has 0 heterocycles. The summed E-state index contributed by atoms with van der Waals surface area (Å²) < 4.78 is 5.63. The van der Waals surface area contributed by atoms with Crippen molar-refractivity contribution in [2.24, 2.45) is 0 Å². The van der Waals surface area contributed by atoms with Crippen molar-refractivity contribution in [1.82, 2.24) is 0 Å². The maximum atomic E-state index is 12.2. The van der Waals surface area contributed by atoms with Gasteiger partial charge in [0.2, 0.25) is 0 Å². The van der Waals surface area contributed by atoms with E-state index >= 15 is 0 Å². The second-order valence-corrected chi connectivity index (χ2v) is 5.46. The van der Waals surface area contributed by atoms with Crippen LogP contribution in [0.3, 0.4) is 0 Å². The summed E-state index contributed by atoms with van der Waals surface area (Å²) in [5.41, 5.74) is 2.07. The summed E-state index contributed by atoms with van der Waals surface area (Å²) in [6, 6.07) is 10.3. The summed E-state index contributed by atoms with van der Waals surface area (Å²) in [4.78, 5) is 12.2. The minimum atomic E-state index is -0.115. The standard InChI is InChI=1S/C18H24O2/c1-2-16(14-13-15-9-5-3-6-10-15)18(19)20-17-11-7-4-8-12-17/h2-3,5-6,9-10,17H,4,7-8,11-14H2,1H3. The first-order valence-electron chi connectivity index (χ1n) is 7.69. The maximum Gasteiger partial charge on any atom is 0.333 e. The zero-order chi connectivity index (χ0) is 14.2. The van der Waals surface area contributed by atoms with Crippen molar-refractivity contribution in [3.05, 3.63) is 47.5 Å². The van der Waals surface area contributed by atoms with Crippen LogP contribution in [0.4, 0.5) is 0 Å².